The number of allylic oxidation sites excluding steroid dienone is 6. The van der Waals surface area contributed by atoms with Gasteiger partial charge in [-0.3, -0.25) is 0 Å². The number of benzene rings is 1. The molecule has 1 aromatic rings. The molecule has 0 bridgehead atoms. The second kappa shape index (κ2) is 7.35. The standard InChI is InChI=1S/C19H22F2/c1-2-3-4-5-9-13-19(21)14-12-17(18(20)15-19)16-10-7-6-8-11-16/h4-8,10-12,14H,2-3,9,13,15H2,1H3. The summed E-state index contributed by atoms with van der Waals surface area (Å²) in [6.07, 6.45) is 10.1. The topological polar surface area (TPSA) is 0 Å². The Kier molecular flexibility index (Phi) is 5.49. The van der Waals surface area contributed by atoms with Crippen LogP contribution in [0.15, 0.2) is 60.5 Å². The zero-order valence-corrected chi connectivity index (χ0v) is 12.5. The van der Waals surface area contributed by atoms with Crippen molar-refractivity contribution in [1.29, 1.82) is 0 Å². The summed E-state index contributed by atoms with van der Waals surface area (Å²) in [4.78, 5) is 0. The molecule has 1 unspecified atom stereocenters. The largest absolute Gasteiger partial charge is 0.239 e. The van der Waals surface area contributed by atoms with E-state index in [9.17, 15) is 8.78 Å². The van der Waals surface area contributed by atoms with Gasteiger partial charge in [-0.25, -0.2) is 8.78 Å². The molecule has 1 atom stereocenters. The first kappa shape index (κ1) is 15.7. The Balaban J connectivity index is 2.00. The summed E-state index contributed by atoms with van der Waals surface area (Å²) in [7, 11) is 0. The van der Waals surface area contributed by atoms with Gasteiger partial charge in [0.15, 0.2) is 0 Å². The van der Waals surface area contributed by atoms with Crippen LogP contribution in [0, 0.1) is 0 Å². The van der Waals surface area contributed by atoms with Crippen LogP contribution in [0.25, 0.3) is 5.57 Å². The van der Waals surface area contributed by atoms with E-state index in [-0.39, 0.29) is 12.2 Å². The number of unbranched alkanes of at least 4 members (excludes halogenated alkanes) is 1. The number of rotatable bonds is 6. The van der Waals surface area contributed by atoms with Crippen LogP contribution in [-0.4, -0.2) is 5.67 Å². The number of alkyl halides is 1. The molecule has 2 heteroatoms. The fraction of sp³-hybridized carbons (Fsp3) is 0.368. The normalized spacial score (nSPS) is 22.2. The quantitative estimate of drug-likeness (QED) is 0.549. The zero-order chi connectivity index (χ0) is 15.1. The van der Waals surface area contributed by atoms with Crippen molar-refractivity contribution in [1.82, 2.24) is 0 Å². The Morgan fingerprint density at radius 3 is 2.52 bits per heavy atom. The van der Waals surface area contributed by atoms with Gasteiger partial charge in [0.2, 0.25) is 0 Å². The maximum atomic E-state index is 14.6. The van der Waals surface area contributed by atoms with E-state index in [2.05, 4.69) is 13.0 Å². The second-order valence-corrected chi connectivity index (χ2v) is 5.53. The lowest BCUT2D eigenvalue weighted by Gasteiger charge is -2.25. The minimum Gasteiger partial charge on any atom is -0.239 e. The Morgan fingerprint density at radius 1 is 1.14 bits per heavy atom. The molecule has 0 aromatic heterocycles. The lowest BCUT2D eigenvalue weighted by Crippen LogP contribution is -2.22. The van der Waals surface area contributed by atoms with Gasteiger partial charge >= 0.3 is 0 Å². The summed E-state index contributed by atoms with van der Waals surface area (Å²) in [5.41, 5.74) is -0.250. The molecule has 112 valence electrons. The first-order valence-corrected chi connectivity index (χ1v) is 7.62. The van der Waals surface area contributed by atoms with Gasteiger partial charge in [-0.05, 0) is 30.9 Å². The van der Waals surface area contributed by atoms with Gasteiger partial charge in [0.05, 0.1) is 0 Å². The SMILES string of the molecule is CCCC=CCCC1(F)C=CC(c2ccccc2)=C(F)C1. The molecule has 21 heavy (non-hydrogen) atoms. The van der Waals surface area contributed by atoms with E-state index in [1.54, 1.807) is 6.08 Å². The fourth-order valence-corrected chi connectivity index (χ4v) is 2.50. The van der Waals surface area contributed by atoms with Crippen LogP contribution in [0.4, 0.5) is 8.78 Å². The third-order valence-corrected chi connectivity index (χ3v) is 3.72. The highest BCUT2D eigenvalue weighted by atomic mass is 19.1. The molecule has 2 rings (SSSR count). The average Bonchev–Trinajstić information content (AvgIpc) is 2.48. The van der Waals surface area contributed by atoms with Crippen LogP contribution in [0.1, 0.15) is 44.6 Å². The second-order valence-electron chi connectivity index (χ2n) is 5.53. The van der Waals surface area contributed by atoms with Crippen LogP contribution in [0.3, 0.4) is 0 Å². The van der Waals surface area contributed by atoms with Crippen molar-refractivity contribution in [3.8, 4) is 0 Å². The van der Waals surface area contributed by atoms with Gasteiger partial charge in [0, 0.05) is 12.0 Å². The molecular weight excluding hydrogens is 266 g/mol. The van der Waals surface area contributed by atoms with Crippen molar-refractivity contribution in [2.75, 3.05) is 0 Å². The van der Waals surface area contributed by atoms with Crippen molar-refractivity contribution >= 4 is 5.57 Å². The zero-order valence-electron chi connectivity index (χ0n) is 12.5. The van der Waals surface area contributed by atoms with Crippen LogP contribution in [0.2, 0.25) is 0 Å². The Morgan fingerprint density at radius 2 is 1.86 bits per heavy atom. The monoisotopic (exact) mass is 288 g/mol. The Labute approximate surface area is 125 Å². The van der Waals surface area contributed by atoms with Crippen LogP contribution in [0.5, 0.6) is 0 Å². The van der Waals surface area contributed by atoms with Crippen LogP contribution in [-0.2, 0) is 0 Å². The summed E-state index contributed by atoms with van der Waals surface area (Å²) in [5.74, 6) is -0.358. The molecule has 1 aliphatic carbocycles. The minimum atomic E-state index is -1.56. The molecule has 0 heterocycles. The lowest BCUT2D eigenvalue weighted by molar-refractivity contribution is 0.201. The van der Waals surface area contributed by atoms with Crippen LogP contribution >= 0.6 is 0 Å². The molecule has 0 nitrogen and oxygen atoms in total. The molecule has 0 fully saturated rings. The summed E-state index contributed by atoms with van der Waals surface area (Å²) >= 11 is 0. The van der Waals surface area contributed by atoms with Crippen molar-refractivity contribution in [2.24, 2.45) is 0 Å². The van der Waals surface area contributed by atoms with Crippen molar-refractivity contribution in [3.63, 3.8) is 0 Å². The minimum absolute atomic E-state index is 0.157. The number of hydrogen-bond donors (Lipinski definition) is 0. The Hall–Kier alpha value is -1.70. The van der Waals surface area contributed by atoms with Crippen molar-refractivity contribution in [3.05, 3.63) is 66.0 Å². The molecule has 0 radical (unpaired) electrons. The molecule has 0 spiro atoms. The molecular formula is C19H22F2. The summed E-state index contributed by atoms with van der Waals surface area (Å²) < 4.78 is 28.9. The highest BCUT2D eigenvalue weighted by Crippen LogP contribution is 2.38. The summed E-state index contributed by atoms with van der Waals surface area (Å²) in [6, 6.07) is 9.30. The van der Waals surface area contributed by atoms with E-state index in [0.29, 0.717) is 18.4 Å². The molecule has 1 aliphatic rings. The van der Waals surface area contributed by atoms with E-state index in [0.717, 1.165) is 18.4 Å². The van der Waals surface area contributed by atoms with Gasteiger partial charge in [-0.1, -0.05) is 61.9 Å². The van der Waals surface area contributed by atoms with Crippen LogP contribution < -0.4 is 0 Å². The lowest BCUT2D eigenvalue weighted by atomic mass is 9.87. The summed E-state index contributed by atoms with van der Waals surface area (Å²) in [6.45, 7) is 2.11. The third kappa shape index (κ3) is 4.38. The number of hydrogen-bond acceptors (Lipinski definition) is 0. The summed E-state index contributed by atoms with van der Waals surface area (Å²) in [5, 5.41) is 0. The number of halogens is 2. The maximum absolute atomic E-state index is 14.6. The molecule has 1 aromatic carbocycles. The van der Waals surface area contributed by atoms with Gasteiger partial charge in [-0.15, -0.1) is 0 Å². The first-order valence-electron chi connectivity index (χ1n) is 7.62. The molecule has 0 N–H and O–H groups in total. The van der Waals surface area contributed by atoms with E-state index in [1.807, 2.05) is 36.4 Å². The highest BCUT2D eigenvalue weighted by molar-refractivity contribution is 5.77. The first-order chi connectivity index (χ1) is 10.1. The molecule has 0 amide bonds. The van der Waals surface area contributed by atoms with E-state index >= 15 is 0 Å². The predicted molar refractivity (Wildman–Crippen MR) is 85.3 cm³/mol. The maximum Gasteiger partial charge on any atom is 0.136 e. The van der Waals surface area contributed by atoms with Gasteiger partial charge in [0.1, 0.15) is 11.5 Å². The van der Waals surface area contributed by atoms with Gasteiger partial charge < -0.3 is 0 Å². The average molecular weight is 288 g/mol. The highest BCUT2D eigenvalue weighted by Gasteiger charge is 2.31. The van der Waals surface area contributed by atoms with Gasteiger partial charge in [-0.2, -0.15) is 0 Å². The van der Waals surface area contributed by atoms with E-state index in [1.165, 1.54) is 6.08 Å². The predicted octanol–water partition coefficient (Wildman–Crippen LogP) is 6.17. The van der Waals surface area contributed by atoms with E-state index in [4.69, 9.17) is 0 Å². The van der Waals surface area contributed by atoms with Gasteiger partial charge in [0.25, 0.3) is 0 Å². The Bertz CT molecular complexity index is 540. The third-order valence-electron chi connectivity index (χ3n) is 3.72. The van der Waals surface area contributed by atoms with E-state index < -0.39 is 5.67 Å². The smallest absolute Gasteiger partial charge is 0.136 e. The van der Waals surface area contributed by atoms with Crippen molar-refractivity contribution in [2.45, 2.75) is 44.7 Å². The molecule has 0 saturated carbocycles. The fourth-order valence-electron chi connectivity index (χ4n) is 2.50. The molecule has 0 saturated heterocycles. The van der Waals surface area contributed by atoms with Crippen molar-refractivity contribution < 1.29 is 8.78 Å². The molecule has 0 aliphatic heterocycles.